The van der Waals surface area contributed by atoms with Gasteiger partial charge in [0.25, 0.3) is 0 Å². The molecule has 0 unspecified atom stereocenters. The maximum Gasteiger partial charge on any atom is 0.116 e. The van der Waals surface area contributed by atoms with Gasteiger partial charge < -0.3 is 9.88 Å². The summed E-state index contributed by atoms with van der Waals surface area (Å²) in [4.78, 5) is 4.62. The molecule has 0 saturated carbocycles. The number of rotatable bonds is 4. The van der Waals surface area contributed by atoms with Crippen molar-refractivity contribution in [3.63, 3.8) is 0 Å². The number of hydrogen-bond acceptors (Lipinski definition) is 3. The predicted molar refractivity (Wildman–Crippen MR) is 94.8 cm³/mol. The molecule has 3 heterocycles. The highest BCUT2D eigenvalue weighted by Gasteiger charge is 2.22. The average molecular weight is 321 g/mol. The molecule has 5 heteroatoms. The molecule has 24 heavy (non-hydrogen) atoms. The van der Waals surface area contributed by atoms with Crippen molar-refractivity contribution >= 4 is 0 Å². The van der Waals surface area contributed by atoms with Crippen LogP contribution in [0.3, 0.4) is 0 Å². The highest BCUT2D eigenvalue weighted by atomic mass is 15.3. The SMILES string of the molecule is Cn1cc(C2CCNCC2)c(-c2cn(Cc3ccccc3)cn2)n1. The molecule has 1 saturated heterocycles. The Kier molecular flexibility index (Phi) is 4.17. The summed E-state index contributed by atoms with van der Waals surface area (Å²) in [5.41, 5.74) is 4.63. The Morgan fingerprint density at radius 1 is 1.12 bits per heavy atom. The summed E-state index contributed by atoms with van der Waals surface area (Å²) in [6.07, 6.45) is 8.53. The van der Waals surface area contributed by atoms with Crippen LogP contribution in [0.5, 0.6) is 0 Å². The predicted octanol–water partition coefficient (Wildman–Crippen LogP) is 2.80. The molecule has 0 radical (unpaired) electrons. The first-order chi connectivity index (χ1) is 11.8. The van der Waals surface area contributed by atoms with E-state index in [9.17, 15) is 0 Å². The van der Waals surface area contributed by atoms with Crippen LogP contribution in [0.25, 0.3) is 11.4 Å². The fourth-order valence-corrected chi connectivity index (χ4v) is 3.50. The third-order valence-electron chi connectivity index (χ3n) is 4.72. The number of nitrogens with one attached hydrogen (secondary N) is 1. The second-order valence-electron chi connectivity index (χ2n) is 6.55. The van der Waals surface area contributed by atoms with Crippen LogP contribution in [0.15, 0.2) is 49.1 Å². The highest BCUT2D eigenvalue weighted by Crippen LogP contribution is 2.32. The largest absolute Gasteiger partial charge is 0.332 e. The van der Waals surface area contributed by atoms with Crippen LogP contribution in [-0.4, -0.2) is 32.4 Å². The quantitative estimate of drug-likeness (QED) is 0.804. The molecule has 0 bridgehead atoms. The molecule has 5 nitrogen and oxygen atoms in total. The van der Waals surface area contributed by atoms with Crippen molar-refractivity contribution in [3.8, 4) is 11.4 Å². The fraction of sp³-hybridized carbons (Fsp3) is 0.368. The van der Waals surface area contributed by atoms with Crippen molar-refractivity contribution in [2.45, 2.75) is 25.3 Å². The summed E-state index contributed by atoms with van der Waals surface area (Å²) in [6, 6.07) is 10.5. The first-order valence-corrected chi connectivity index (χ1v) is 8.60. The van der Waals surface area contributed by atoms with Gasteiger partial charge in [-0.3, -0.25) is 4.68 Å². The minimum Gasteiger partial charge on any atom is -0.332 e. The highest BCUT2D eigenvalue weighted by molar-refractivity contribution is 5.58. The average Bonchev–Trinajstić information content (AvgIpc) is 3.23. The molecule has 2 aromatic heterocycles. The zero-order chi connectivity index (χ0) is 16.4. The lowest BCUT2D eigenvalue weighted by atomic mass is 9.90. The van der Waals surface area contributed by atoms with Gasteiger partial charge in [-0.1, -0.05) is 30.3 Å². The van der Waals surface area contributed by atoms with Gasteiger partial charge in [-0.25, -0.2) is 4.98 Å². The van der Waals surface area contributed by atoms with Crippen LogP contribution in [-0.2, 0) is 13.6 Å². The van der Waals surface area contributed by atoms with Gasteiger partial charge in [0.2, 0.25) is 0 Å². The number of nitrogens with zero attached hydrogens (tertiary/aromatic N) is 4. The number of hydrogen-bond donors (Lipinski definition) is 1. The number of benzene rings is 1. The third kappa shape index (κ3) is 3.12. The summed E-state index contributed by atoms with van der Waals surface area (Å²) in [5.74, 6) is 0.578. The van der Waals surface area contributed by atoms with Crippen LogP contribution < -0.4 is 5.32 Å². The normalized spacial score (nSPS) is 15.7. The van der Waals surface area contributed by atoms with Crippen molar-refractivity contribution in [2.75, 3.05) is 13.1 Å². The molecular weight excluding hydrogens is 298 g/mol. The molecule has 0 atom stereocenters. The molecule has 1 fully saturated rings. The van der Waals surface area contributed by atoms with Gasteiger partial charge in [-0.15, -0.1) is 0 Å². The molecule has 4 rings (SSSR count). The Morgan fingerprint density at radius 2 is 1.92 bits per heavy atom. The fourth-order valence-electron chi connectivity index (χ4n) is 3.50. The maximum atomic E-state index is 4.70. The standard InChI is InChI=1S/C19H23N5/c1-23-12-17(16-7-9-20-10-8-16)19(22-23)18-13-24(14-21-18)11-15-5-3-2-4-6-15/h2-6,12-14,16,20H,7-11H2,1H3. The molecule has 0 amide bonds. The van der Waals surface area contributed by atoms with Gasteiger partial charge in [-0.05, 0) is 37.4 Å². The molecule has 3 aromatic rings. The van der Waals surface area contributed by atoms with Crippen molar-refractivity contribution < 1.29 is 0 Å². The van der Waals surface area contributed by atoms with Crippen molar-refractivity contribution in [1.29, 1.82) is 0 Å². The zero-order valence-electron chi connectivity index (χ0n) is 14.0. The van der Waals surface area contributed by atoms with Crippen molar-refractivity contribution in [1.82, 2.24) is 24.6 Å². The molecule has 0 aliphatic carbocycles. The number of aryl methyl sites for hydroxylation is 1. The Bertz CT molecular complexity index is 796. The lowest BCUT2D eigenvalue weighted by Crippen LogP contribution is -2.26. The van der Waals surface area contributed by atoms with E-state index in [-0.39, 0.29) is 0 Å². The van der Waals surface area contributed by atoms with E-state index < -0.39 is 0 Å². The molecule has 1 N–H and O–H groups in total. The van der Waals surface area contributed by atoms with E-state index in [1.165, 1.54) is 24.0 Å². The summed E-state index contributed by atoms with van der Waals surface area (Å²) in [6.45, 7) is 3.01. The van der Waals surface area contributed by atoms with Crippen LogP contribution in [0.1, 0.15) is 29.9 Å². The Hall–Kier alpha value is -2.40. The van der Waals surface area contributed by atoms with Crippen molar-refractivity contribution in [2.24, 2.45) is 7.05 Å². The Balaban J connectivity index is 1.60. The third-order valence-corrected chi connectivity index (χ3v) is 4.72. The second-order valence-corrected chi connectivity index (χ2v) is 6.55. The van der Waals surface area contributed by atoms with Crippen LogP contribution in [0, 0.1) is 0 Å². The summed E-state index contributed by atoms with van der Waals surface area (Å²) in [5, 5.41) is 8.13. The number of aromatic nitrogens is 4. The van der Waals surface area contributed by atoms with Crippen LogP contribution in [0.2, 0.25) is 0 Å². The van der Waals surface area contributed by atoms with Crippen LogP contribution in [0.4, 0.5) is 0 Å². The van der Waals surface area contributed by atoms with E-state index in [0.29, 0.717) is 5.92 Å². The lowest BCUT2D eigenvalue weighted by molar-refractivity contribution is 0.461. The lowest BCUT2D eigenvalue weighted by Gasteiger charge is -2.22. The van der Waals surface area contributed by atoms with E-state index in [0.717, 1.165) is 31.0 Å². The minimum atomic E-state index is 0.578. The first-order valence-electron chi connectivity index (χ1n) is 8.60. The van der Waals surface area contributed by atoms with Gasteiger partial charge in [0.1, 0.15) is 11.4 Å². The Morgan fingerprint density at radius 3 is 2.71 bits per heavy atom. The molecule has 1 aliphatic rings. The molecule has 1 aromatic carbocycles. The van der Waals surface area contributed by atoms with E-state index >= 15 is 0 Å². The summed E-state index contributed by atoms with van der Waals surface area (Å²) in [7, 11) is 2.00. The second kappa shape index (κ2) is 6.61. The van der Waals surface area contributed by atoms with Crippen LogP contribution >= 0.6 is 0 Å². The molecule has 1 aliphatic heterocycles. The zero-order valence-corrected chi connectivity index (χ0v) is 14.0. The van der Waals surface area contributed by atoms with Gasteiger partial charge in [0, 0.05) is 31.5 Å². The summed E-state index contributed by atoms with van der Waals surface area (Å²) >= 11 is 0. The molecule has 124 valence electrons. The van der Waals surface area contributed by atoms with E-state index in [1.54, 1.807) is 0 Å². The Labute approximate surface area is 142 Å². The van der Waals surface area contributed by atoms with E-state index in [2.05, 4.69) is 51.5 Å². The number of piperidine rings is 1. The van der Waals surface area contributed by atoms with Gasteiger partial charge in [0.15, 0.2) is 0 Å². The van der Waals surface area contributed by atoms with Gasteiger partial charge in [-0.2, -0.15) is 5.10 Å². The minimum absolute atomic E-state index is 0.578. The first kappa shape index (κ1) is 15.1. The summed E-state index contributed by atoms with van der Waals surface area (Å²) < 4.78 is 4.05. The van der Waals surface area contributed by atoms with E-state index in [4.69, 9.17) is 5.10 Å². The van der Waals surface area contributed by atoms with E-state index in [1.807, 2.05) is 24.1 Å². The number of imidazole rings is 1. The van der Waals surface area contributed by atoms with Gasteiger partial charge in [0.05, 0.1) is 6.33 Å². The monoisotopic (exact) mass is 321 g/mol. The topological polar surface area (TPSA) is 47.7 Å². The molecule has 0 spiro atoms. The van der Waals surface area contributed by atoms with Crippen molar-refractivity contribution in [3.05, 3.63) is 60.2 Å². The molecular formula is C19H23N5. The smallest absolute Gasteiger partial charge is 0.116 e. The maximum absolute atomic E-state index is 4.70. The van der Waals surface area contributed by atoms with Gasteiger partial charge >= 0.3 is 0 Å².